The summed E-state index contributed by atoms with van der Waals surface area (Å²) < 4.78 is 51.2. The molecule has 0 aromatic heterocycles. The number of ether oxygens (including phenoxy) is 2. The molecule has 0 aliphatic carbocycles. The molecule has 0 atom stereocenters. The fourth-order valence-corrected chi connectivity index (χ4v) is 3.68. The predicted molar refractivity (Wildman–Crippen MR) is 113 cm³/mol. The molecule has 0 spiro atoms. The first kappa shape index (κ1) is 23.2. The minimum absolute atomic E-state index is 0.0230. The third-order valence-electron chi connectivity index (χ3n) is 4.93. The van der Waals surface area contributed by atoms with Gasteiger partial charge in [0.25, 0.3) is 0 Å². The van der Waals surface area contributed by atoms with Crippen molar-refractivity contribution in [3.63, 3.8) is 0 Å². The molecule has 2 aromatic rings. The van der Waals surface area contributed by atoms with E-state index in [2.05, 4.69) is 5.32 Å². The van der Waals surface area contributed by atoms with Crippen LogP contribution < -0.4 is 14.8 Å². The number of piperidine rings is 1. The average Bonchev–Trinajstić information content (AvgIpc) is 2.72. The van der Waals surface area contributed by atoms with Crippen LogP contribution in [-0.4, -0.2) is 43.2 Å². The number of amides is 1. The maximum atomic E-state index is 13.2. The van der Waals surface area contributed by atoms with Gasteiger partial charge in [-0.15, -0.1) is 0 Å². The second-order valence-corrected chi connectivity index (χ2v) is 7.59. The van der Waals surface area contributed by atoms with E-state index in [1.807, 2.05) is 36.1 Å². The Morgan fingerprint density at radius 3 is 2.45 bits per heavy atom. The fraction of sp³-hybridized carbons (Fsp3) is 0.409. The van der Waals surface area contributed by atoms with Gasteiger partial charge in [0.1, 0.15) is 6.10 Å². The highest BCUT2D eigenvalue weighted by atomic mass is 35.5. The molecule has 1 aliphatic heterocycles. The van der Waals surface area contributed by atoms with Crippen molar-refractivity contribution in [3.8, 4) is 11.5 Å². The Kier molecular flexibility index (Phi) is 7.67. The molecule has 5 nitrogen and oxygen atoms in total. The van der Waals surface area contributed by atoms with Crippen LogP contribution in [0.2, 0.25) is 5.02 Å². The van der Waals surface area contributed by atoms with Crippen LogP contribution in [0.1, 0.15) is 25.3 Å². The van der Waals surface area contributed by atoms with E-state index in [1.54, 1.807) is 0 Å². The molecule has 31 heavy (non-hydrogen) atoms. The minimum Gasteiger partial charge on any atom is -0.490 e. The summed E-state index contributed by atoms with van der Waals surface area (Å²) in [5.41, 5.74) is -1.37. The van der Waals surface area contributed by atoms with E-state index in [0.29, 0.717) is 44.0 Å². The van der Waals surface area contributed by atoms with Crippen LogP contribution in [0.15, 0.2) is 42.5 Å². The number of hydrogen-bond acceptors (Lipinski definition) is 4. The molecule has 0 unspecified atom stereocenters. The number of hydrogen-bond donors (Lipinski definition) is 1. The zero-order chi connectivity index (χ0) is 22.4. The predicted octanol–water partition coefficient (Wildman–Crippen LogP) is 5.24. The SMILES string of the molecule is CCOc1ccccc1OC1CCN(CC(=O)Nc2c(Cl)cccc2C(F)(F)F)CC1. The molecule has 1 N–H and O–H groups in total. The Balaban J connectivity index is 1.54. The molecule has 1 saturated heterocycles. The third-order valence-corrected chi connectivity index (χ3v) is 5.24. The molecule has 0 saturated carbocycles. The summed E-state index contributed by atoms with van der Waals surface area (Å²) >= 11 is 5.90. The Labute approximate surface area is 184 Å². The van der Waals surface area contributed by atoms with Crippen LogP contribution in [0.25, 0.3) is 0 Å². The van der Waals surface area contributed by atoms with Gasteiger partial charge in [-0.1, -0.05) is 29.8 Å². The largest absolute Gasteiger partial charge is 0.490 e. The van der Waals surface area contributed by atoms with E-state index in [1.165, 1.54) is 12.1 Å². The van der Waals surface area contributed by atoms with Crippen LogP contribution in [0.4, 0.5) is 18.9 Å². The van der Waals surface area contributed by atoms with Gasteiger partial charge >= 0.3 is 6.18 Å². The van der Waals surface area contributed by atoms with E-state index in [9.17, 15) is 18.0 Å². The first-order valence-electron chi connectivity index (χ1n) is 10.0. The number of nitrogens with zero attached hydrogens (tertiary/aromatic N) is 1. The van der Waals surface area contributed by atoms with Crippen LogP contribution >= 0.6 is 11.6 Å². The van der Waals surface area contributed by atoms with Crippen LogP contribution in [0.3, 0.4) is 0 Å². The molecule has 0 bridgehead atoms. The van der Waals surface area contributed by atoms with Crippen molar-refractivity contribution in [1.29, 1.82) is 0 Å². The van der Waals surface area contributed by atoms with E-state index >= 15 is 0 Å². The molecule has 1 aliphatic rings. The molecule has 0 radical (unpaired) electrons. The van der Waals surface area contributed by atoms with Crippen LogP contribution in [0.5, 0.6) is 11.5 Å². The van der Waals surface area contributed by atoms with Gasteiger partial charge in [0.15, 0.2) is 11.5 Å². The molecule has 2 aromatic carbocycles. The van der Waals surface area contributed by atoms with Crippen molar-refractivity contribution in [1.82, 2.24) is 4.90 Å². The highest BCUT2D eigenvalue weighted by Gasteiger charge is 2.35. The lowest BCUT2D eigenvalue weighted by Gasteiger charge is -2.32. The van der Waals surface area contributed by atoms with Gasteiger partial charge in [-0.2, -0.15) is 13.2 Å². The topological polar surface area (TPSA) is 50.8 Å². The van der Waals surface area contributed by atoms with Crippen molar-refractivity contribution >= 4 is 23.2 Å². The van der Waals surface area contributed by atoms with Gasteiger partial charge in [-0.05, 0) is 44.0 Å². The molecule has 9 heteroatoms. The lowest BCUT2D eigenvalue weighted by atomic mass is 10.1. The fourth-order valence-electron chi connectivity index (χ4n) is 3.46. The van der Waals surface area contributed by atoms with Crippen molar-refractivity contribution in [3.05, 3.63) is 53.1 Å². The number of para-hydroxylation sites is 3. The number of carbonyl (C=O) groups is 1. The van der Waals surface area contributed by atoms with Crippen molar-refractivity contribution in [2.24, 2.45) is 0 Å². The first-order valence-corrected chi connectivity index (χ1v) is 10.4. The van der Waals surface area contributed by atoms with E-state index in [4.69, 9.17) is 21.1 Å². The normalized spacial score (nSPS) is 15.5. The summed E-state index contributed by atoms with van der Waals surface area (Å²) in [6.07, 6.45) is -3.26. The quantitative estimate of drug-likeness (QED) is 0.619. The van der Waals surface area contributed by atoms with Crippen molar-refractivity contribution in [2.75, 3.05) is 31.6 Å². The summed E-state index contributed by atoms with van der Waals surface area (Å²) in [5.74, 6) is 0.825. The second kappa shape index (κ2) is 10.2. The van der Waals surface area contributed by atoms with E-state index < -0.39 is 23.3 Å². The van der Waals surface area contributed by atoms with Gasteiger partial charge in [0, 0.05) is 13.1 Å². The zero-order valence-corrected chi connectivity index (χ0v) is 17.8. The summed E-state index contributed by atoms with van der Waals surface area (Å²) in [4.78, 5) is 14.3. The van der Waals surface area contributed by atoms with Crippen LogP contribution in [-0.2, 0) is 11.0 Å². The summed E-state index contributed by atoms with van der Waals surface area (Å²) in [5, 5.41) is 2.18. The number of anilines is 1. The molecule has 1 fully saturated rings. The number of carbonyl (C=O) groups excluding carboxylic acids is 1. The van der Waals surface area contributed by atoms with Gasteiger partial charge in [0.2, 0.25) is 5.91 Å². The van der Waals surface area contributed by atoms with Gasteiger partial charge < -0.3 is 14.8 Å². The van der Waals surface area contributed by atoms with Crippen LogP contribution in [0, 0.1) is 0 Å². The number of alkyl halides is 3. The number of likely N-dealkylation sites (tertiary alicyclic amines) is 1. The second-order valence-electron chi connectivity index (χ2n) is 7.18. The van der Waals surface area contributed by atoms with Gasteiger partial charge in [-0.3, -0.25) is 9.69 Å². The number of rotatable bonds is 7. The maximum absolute atomic E-state index is 13.2. The van der Waals surface area contributed by atoms with Crippen molar-refractivity contribution < 1.29 is 27.4 Å². The molecular formula is C22H24ClF3N2O3. The highest BCUT2D eigenvalue weighted by Crippen LogP contribution is 2.38. The standard InChI is InChI=1S/C22H24ClF3N2O3/c1-2-30-18-8-3-4-9-19(18)31-15-10-12-28(13-11-15)14-20(29)27-21-16(22(24,25)26)6-5-7-17(21)23/h3-9,15H,2,10-14H2,1H3,(H,27,29). The number of nitrogens with one attached hydrogen (secondary N) is 1. The minimum atomic E-state index is -4.61. The first-order chi connectivity index (χ1) is 14.8. The Hall–Kier alpha value is -2.45. The molecule has 168 valence electrons. The number of benzene rings is 2. The Bertz CT molecular complexity index is 900. The average molecular weight is 457 g/mol. The zero-order valence-electron chi connectivity index (χ0n) is 17.0. The molecule has 1 amide bonds. The molecule has 3 rings (SSSR count). The summed E-state index contributed by atoms with van der Waals surface area (Å²) in [7, 11) is 0. The Morgan fingerprint density at radius 1 is 1.13 bits per heavy atom. The maximum Gasteiger partial charge on any atom is 0.418 e. The lowest BCUT2D eigenvalue weighted by molar-refractivity contribution is -0.137. The van der Waals surface area contributed by atoms with Crippen molar-refractivity contribution in [2.45, 2.75) is 32.0 Å². The molecular weight excluding hydrogens is 433 g/mol. The summed E-state index contributed by atoms with van der Waals surface area (Å²) in [6, 6.07) is 10.9. The highest BCUT2D eigenvalue weighted by molar-refractivity contribution is 6.34. The smallest absolute Gasteiger partial charge is 0.418 e. The Morgan fingerprint density at radius 2 is 1.81 bits per heavy atom. The monoisotopic (exact) mass is 456 g/mol. The number of halogens is 4. The van der Waals surface area contributed by atoms with E-state index in [-0.39, 0.29) is 17.7 Å². The van der Waals surface area contributed by atoms with Gasteiger partial charge in [-0.25, -0.2) is 0 Å². The molecule has 1 heterocycles. The summed E-state index contributed by atoms with van der Waals surface area (Å²) in [6.45, 7) is 3.59. The van der Waals surface area contributed by atoms with E-state index in [0.717, 1.165) is 6.07 Å². The third kappa shape index (κ3) is 6.27. The van der Waals surface area contributed by atoms with Gasteiger partial charge in [0.05, 0.1) is 29.4 Å². The lowest BCUT2D eigenvalue weighted by Crippen LogP contribution is -2.42.